The summed E-state index contributed by atoms with van der Waals surface area (Å²) in [5.41, 5.74) is 0.373. The van der Waals surface area contributed by atoms with Gasteiger partial charge in [-0.3, -0.25) is 4.79 Å². The van der Waals surface area contributed by atoms with Crippen LogP contribution in [0.25, 0.3) is 0 Å². The number of sulfonamides is 1. The molecule has 0 bridgehead atoms. The van der Waals surface area contributed by atoms with Crippen LogP contribution >= 0.6 is 0 Å². The molecule has 1 amide bonds. The van der Waals surface area contributed by atoms with Crippen molar-refractivity contribution in [1.82, 2.24) is 5.32 Å². The third-order valence-electron chi connectivity index (χ3n) is 2.70. The van der Waals surface area contributed by atoms with Crippen molar-refractivity contribution in [3.8, 4) is 11.5 Å². The first-order valence-electron chi connectivity index (χ1n) is 6.15. The zero-order valence-corrected chi connectivity index (χ0v) is 11.6. The molecule has 0 unspecified atom stereocenters. The number of amides is 1. The maximum atomic E-state index is 12.0. The number of carbonyl (C=O) groups is 1. The van der Waals surface area contributed by atoms with Gasteiger partial charge >= 0.3 is 0 Å². The summed E-state index contributed by atoms with van der Waals surface area (Å²) in [7, 11) is -3.50. The molecular weight excluding hydrogens is 284 g/mol. The molecule has 0 saturated heterocycles. The van der Waals surface area contributed by atoms with E-state index in [0.717, 1.165) is 0 Å². The van der Waals surface area contributed by atoms with Crippen LogP contribution in [0.2, 0.25) is 0 Å². The fourth-order valence-corrected chi connectivity index (χ4v) is 2.37. The lowest BCUT2D eigenvalue weighted by Crippen LogP contribution is -2.28. The van der Waals surface area contributed by atoms with E-state index in [1.54, 1.807) is 18.2 Å². The van der Waals surface area contributed by atoms with Crippen LogP contribution in [0.3, 0.4) is 0 Å². The second kappa shape index (κ2) is 6.10. The molecule has 3 N–H and O–H groups in total. The van der Waals surface area contributed by atoms with Gasteiger partial charge in [0.2, 0.25) is 10.0 Å². The molecule has 0 fully saturated rings. The standard InChI is InChI=1S/C12H16N2O5S/c13-20(16,17)8-2-5-14-12(15)9-3-1-4-10-11(9)19-7-6-18-10/h1,3-4H,2,5-8H2,(H,14,15)(H2,13,16,17). The molecule has 110 valence electrons. The zero-order chi connectivity index (χ0) is 14.6. The van der Waals surface area contributed by atoms with Gasteiger partial charge in [-0.25, -0.2) is 13.6 Å². The van der Waals surface area contributed by atoms with E-state index in [4.69, 9.17) is 14.6 Å². The number of ether oxygens (including phenoxy) is 2. The topological polar surface area (TPSA) is 108 Å². The maximum Gasteiger partial charge on any atom is 0.255 e. The Morgan fingerprint density at radius 1 is 1.30 bits per heavy atom. The average Bonchev–Trinajstić information content (AvgIpc) is 2.41. The van der Waals surface area contributed by atoms with Gasteiger partial charge in [-0.05, 0) is 18.6 Å². The minimum atomic E-state index is -3.50. The van der Waals surface area contributed by atoms with E-state index in [9.17, 15) is 13.2 Å². The van der Waals surface area contributed by atoms with Crippen molar-refractivity contribution >= 4 is 15.9 Å². The SMILES string of the molecule is NS(=O)(=O)CCCNC(=O)c1cccc2c1OCCO2. The van der Waals surface area contributed by atoms with Crippen molar-refractivity contribution in [2.45, 2.75) is 6.42 Å². The van der Waals surface area contributed by atoms with Crippen LogP contribution in [0.1, 0.15) is 16.8 Å². The van der Waals surface area contributed by atoms with Crippen molar-refractivity contribution in [2.75, 3.05) is 25.5 Å². The van der Waals surface area contributed by atoms with Gasteiger partial charge in [-0.1, -0.05) is 6.07 Å². The quantitative estimate of drug-likeness (QED) is 0.736. The van der Waals surface area contributed by atoms with Crippen LogP contribution in [-0.2, 0) is 10.0 Å². The highest BCUT2D eigenvalue weighted by Gasteiger charge is 2.19. The van der Waals surface area contributed by atoms with Crippen molar-refractivity contribution in [3.63, 3.8) is 0 Å². The van der Waals surface area contributed by atoms with E-state index in [1.165, 1.54) is 0 Å². The van der Waals surface area contributed by atoms with Gasteiger partial charge in [0, 0.05) is 6.54 Å². The Morgan fingerprint density at radius 2 is 2.05 bits per heavy atom. The molecule has 20 heavy (non-hydrogen) atoms. The lowest BCUT2D eigenvalue weighted by atomic mass is 10.1. The maximum absolute atomic E-state index is 12.0. The molecule has 0 aliphatic carbocycles. The van der Waals surface area contributed by atoms with Gasteiger partial charge in [0.1, 0.15) is 13.2 Å². The smallest absolute Gasteiger partial charge is 0.255 e. The lowest BCUT2D eigenvalue weighted by molar-refractivity contribution is 0.0942. The zero-order valence-electron chi connectivity index (χ0n) is 10.8. The average molecular weight is 300 g/mol. The van der Waals surface area contributed by atoms with Crippen molar-refractivity contribution < 1.29 is 22.7 Å². The van der Waals surface area contributed by atoms with Crippen LogP contribution in [0.15, 0.2) is 18.2 Å². The number of carbonyl (C=O) groups excluding carboxylic acids is 1. The normalized spacial score (nSPS) is 13.8. The Labute approximate surface area is 117 Å². The number of benzene rings is 1. The molecule has 1 heterocycles. The van der Waals surface area contributed by atoms with Gasteiger partial charge < -0.3 is 14.8 Å². The van der Waals surface area contributed by atoms with Crippen molar-refractivity contribution in [2.24, 2.45) is 5.14 Å². The van der Waals surface area contributed by atoms with E-state index < -0.39 is 10.0 Å². The minimum Gasteiger partial charge on any atom is -0.486 e. The minimum absolute atomic E-state index is 0.167. The molecule has 1 aromatic rings. The fraction of sp³-hybridized carbons (Fsp3) is 0.417. The molecule has 7 nitrogen and oxygen atoms in total. The summed E-state index contributed by atoms with van der Waals surface area (Å²) in [6, 6.07) is 5.06. The Kier molecular flexibility index (Phi) is 4.46. The number of primary sulfonamides is 1. The Morgan fingerprint density at radius 3 is 2.80 bits per heavy atom. The summed E-state index contributed by atoms with van der Waals surface area (Å²) in [5.74, 6) is 0.456. The fourth-order valence-electron chi connectivity index (χ4n) is 1.82. The predicted octanol–water partition coefficient (Wildman–Crippen LogP) is -0.134. The second-order valence-electron chi connectivity index (χ2n) is 4.31. The van der Waals surface area contributed by atoms with Gasteiger partial charge in [-0.2, -0.15) is 0 Å². The summed E-state index contributed by atoms with van der Waals surface area (Å²) < 4.78 is 32.4. The molecule has 8 heteroatoms. The first-order chi connectivity index (χ1) is 9.47. The molecule has 0 spiro atoms. The van der Waals surface area contributed by atoms with Crippen LogP contribution in [0.4, 0.5) is 0 Å². The molecule has 2 rings (SSSR count). The van der Waals surface area contributed by atoms with Crippen molar-refractivity contribution in [1.29, 1.82) is 0 Å². The number of rotatable bonds is 5. The van der Waals surface area contributed by atoms with E-state index in [-0.39, 0.29) is 24.6 Å². The third kappa shape index (κ3) is 3.84. The molecule has 0 radical (unpaired) electrons. The number of fused-ring (bicyclic) bond motifs is 1. The Bertz CT molecular complexity index is 600. The van der Waals surface area contributed by atoms with Gasteiger partial charge in [0.15, 0.2) is 11.5 Å². The van der Waals surface area contributed by atoms with E-state index in [1.807, 2.05) is 0 Å². The van der Waals surface area contributed by atoms with Crippen LogP contribution in [0.5, 0.6) is 11.5 Å². The summed E-state index contributed by atoms with van der Waals surface area (Å²) in [4.78, 5) is 12.0. The number of para-hydroxylation sites is 1. The molecule has 0 atom stereocenters. The number of nitrogens with one attached hydrogen (secondary N) is 1. The highest BCUT2D eigenvalue weighted by molar-refractivity contribution is 7.89. The molecule has 1 aliphatic rings. The summed E-state index contributed by atoms with van der Waals surface area (Å²) in [6.45, 7) is 1.06. The molecule has 1 aliphatic heterocycles. The van der Waals surface area contributed by atoms with E-state index in [0.29, 0.717) is 30.3 Å². The highest BCUT2D eigenvalue weighted by atomic mass is 32.2. The monoisotopic (exact) mass is 300 g/mol. The first-order valence-corrected chi connectivity index (χ1v) is 7.86. The Balaban J connectivity index is 1.96. The Hall–Kier alpha value is -1.80. The van der Waals surface area contributed by atoms with Gasteiger partial charge in [-0.15, -0.1) is 0 Å². The molecular formula is C12H16N2O5S. The predicted molar refractivity (Wildman–Crippen MR) is 72.4 cm³/mol. The molecule has 0 aromatic heterocycles. The summed E-state index contributed by atoms with van der Waals surface area (Å²) in [5, 5.41) is 7.50. The number of hydrogen-bond acceptors (Lipinski definition) is 5. The van der Waals surface area contributed by atoms with Crippen molar-refractivity contribution in [3.05, 3.63) is 23.8 Å². The largest absolute Gasteiger partial charge is 0.486 e. The number of hydrogen-bond donors (Lipinski definition) is 2. The summed E-state index contributed by atoms with van der Waals surface area (Å²) >= 11 is 0. The molecule has 0 saturated carbocycles. The molecule has 1 aromatic carbocycles. The van der Waals surface area contributed by atoms with Crippen LogP contribution in [0, 0.1) is 0 Å². The third-order valence-corrected chi connectivity index (χ3v) is 3.56. The van der Waals surface area contributed by atoms with Crippen LogP contribution < -0.4 is 19.9 Å². The number of nitrogens with two attached hydrogens (primary N) is 1. The van der Waals surface area contributed by atoms with Gasteiger partial charge in [0.05, 0.1) is 11.3 Å². The second-order valence-corrected chi connectivity index (χ2v) is 6.04. The van der Waals surface area contributed by atoms with E-state index >= 15 is 0 Å². The first kappa shape index (κ1) is 14.6. The summed E-state index contributed by atoms with van der Waals surface area (Å²) in [6.07, 6.45) is 0.261. The lowest BCUT2D eigenvalue weighted by Gasteiger charge is -2.20. The van der Waals surface area contributed by atoms with E-state index in [2.05, 4.69) is 5.32 Å². The van der Waals surface area contributed by atoms with Gasteiger partial charge in [0.25, 0.3) is 5.91 Å². The van der Waals surface area contributed by atoms with Crippen LogP contribution in [-0.4, -0.2) is 39.8 Å². The highest BCUT2D eigenvalue weighted by Crippen LogP contribution is 2.33.